The van der Waals surface area contributed by atoms with E-state index in [-0.39, 0.29) is 5.91 Å². The molecule has 4 nitrogen and oxygen atoms in total. The fraction of sp³-hybridized carbons (Fsp3) is 0.158. The number of aryl methyl sites for hydroxylation is 1. The molecule has 0 aliphatic rings. The molecule has 0 fully saturated rings. The van der Waals surface area contributed by atoms with Crippen LogP contribution in [0.5, 0.6) is 0 Å². The molecule has 0 unspecified atom stereocenters. The van der Waals surface area contributed by atoms with Crippen LogP contribution in [-0.2, 0) is 0 Å². The number of hydrogen-bond acceptors (Lipinski definition) is 2. The summed E-state index contributed by atoms with van der Waals surface area (Å²) in [5, 5.41) is 4.34. The average molecular weight is 305 g/mol. The van der Waals surface area contributed by atoms with Crippen molar-refractivity contribution in [3.05, 3.63) is 72.1 Å². The second kappa shape index (κ2) is 6.08. The van der Waals surface area contributed by atoms with Crippen LogP contribution in [0.2, 0.25) is 0 Å². The largest absolute Gasteiger partial charge is 0.345 e. The number of hydrogen-bond donors (Lipinski definition) is 0. The van der Waals surface area contributed by atoms with Gasteiger partial charge >= 0.3 is 0 Å². The van der Waals surface area contributed by atoms with Gasteiger partial charge in [-0.25, -0.2) is 4.68 Å². The molecule has 0 aliphatic heterocycles. The number of nitrogens with zero attached hydrogens (tertiary/aromatic N) is 3. The minimum Gasteiger partial charge on any atom is -0.345 e. The molecule has 116 valence electrons. The minimum atomic E-state index is 0.00718. The second-order valence-electron chi connectivity index (χ2n) is 5.75. The summed E-state index contributed by atoms with van der Waals surface area (Å²) in [7, 11) is 3.51. The Morgan fingerprint density at radius 1 is 1.09 bits per heavy atom. The van der Waals surface area contributed by atoms with Gasteiger partial charge in [-0.3, -0.25) is 4.79 Å². The Labute approximate surface area is 136 Å². The number of amides is 1. The van der Waals surface area contributed by atoms with E-state index in [1.54, 1.807) is 25.2 Å². The number of benzene rings is 2. The molecule has 0 radical (unpaired) electrons. The van der Waals surface area contributed by atoms with Gasteiger partial charge in [-0.1, -0.05) is 24.3 Å². The normalized spacial score (nSPS) is 10.6. The molecule has 0 aliphatic carbocycles. The Kier molecular flexibility index (Phi) is 3.98. The van der Waals surface area contributed by atoms with Crippen LogP contribution in [0.15, 0.2) is 60.9 Å². The smallest absolute Gasteiger partial charge is 0.253 e. The van der Waals surface area contributed by atoms with E-state index < -0.39 is 0 Å². The Morgan fingerprint density at radius 2 is 1.83 bits per heavy atom. The third-order valence-corrected chi connectivity index (χ3v) is 3.75. The molecular formula is C19H19N3O. The van der Waals surface area contributed by atoms with Crippen molar-refractivity contribution in [1.82, 2.24) is 14.7 Å². The lowest BCUT2D eigenvalue weighted by Crippen LogP contribution is -2.21. The quantitative estimate of drug-likeness (QED) is 0.742. The molecule has 23 heavy (non-hydrogen) atoms. The molecular weight excluding hydrogens is 286 g/mol. The fourth-order valence-electron chi connectivity index (χ4n) is 2.54. The second-order valence-corrected chi connectivity index (χ2v) is 5.75. The lowest BCUT2D eigenvalue weighted by atomic mass is 10.0. The van der Waals surface area contributed by atoms with E-state index in [4.69, 9.17) is 0 Å². The maximum atomic E-state index is 12.0. The van der Waals surface area contributed by atoms with Crippen molar-refractivity contribution in [3.63, 3.8) is 0 Å². The summed E-state index contributed by atoms with van der Waals surface area (Å²) in [6.45, 7) is 2.07. The van der Waals surface area contributed by atoms with Gasteiger partial charge < -0.3 is 4.90 Å². The predicted octanol–water partition coefficient (Wildman–Crippen LogP) is 3.55. The third-order valence-electron chi connectivity index (χ3n) is 3.75. The van der Waals surface area contributed by atoms with Crippen molar-refractivity contribution in [2.75, 3.05) is 14.1 Å². The highest BCUT2D eigenvalue weighted by molar-refractivity contribution is 5.94. The van der Waals surface area contributed by atoms with Crippen LogP contribution in [0.3, 0.4) is 0 Å². The van der Waals surface area contributed by atoms with Gasteiger partial charge in [0.1, 0.15) is 0 Å². The van der Waals surface area contributed by atoms with Gasteiger partial charge in [0.25, 0.3) is 5.91 Å². The van der Waals surface area contributed by atoms with E-state index in [9.17, 15) is 4.79 Å². The maximum absolute atomic E-state index is 12.0. The van der Waals surface area contributed by atoms with Gasteiger partial charge in [0.15, 0.2) is 0 Å². The van der Waals surface area contributed by atoms with E-state index in [1.165, 1.54) is 5.56 Å². The first-order valence-corrected chi connectivity index (χ1v) is 7.49. The molecule has 0 bridgehead atoms. The Bertz CT molecular complexity index is 818. The summed E-state index contributed by atoms with van der Waals surface area (Å²) >= 11 is 0. The van der Waals surface area contributed by atoms with Gasteiger partial charge in [-0.15, -0.1) is 0 Å². The van der Waals surface area contributed by atoms with Gasteiger partial charge in [0.05, 0.1) is 5.69 Å². The predicted molar refractivity (Wildman–Crippen MR) is 91.8 cm³/mol. The van der Waals surface area contributed by atoms with E-state index in [0.717, 1.165) is 16.8 Å². The van der Waals surface area contributed by atoms with E-state index in [1.807, 2.05) is 41.2 Å². The molecule has 3 rings (SSSR count). The van der Waals surface area contributed by atoms with Crippen LogP contribution >= 0.6 is 0 Å². The number of carbonyl (C=O) groups excluding carboxylic acids is 1. The first kappa shape index (κ1) is 15.0. The number of aromatic nitrogens is 2. The van der Waals surface area contributed by atoms with Crippen LogP contribution in [0, 0.1) is 6.92 Å². The van der Waals surface area contributed by atoms with Crippen molar-refractivity contribution >= 4 is 5.91 Å². The summed E-state index contributed by atoms with van der Waals surface area (Å²) < 4.78 is 1.86. The molecule has 0 N–H and O–H groups in total. The minimum absolute atomic E-state index is 0.00718. The van der Waals surface area contributed by atoms with Gasteiger partial charge in [-0.05, 0) is 42.3 Å². The zero-order valence-corrected chi connectivity index (χ0v) is 13.5. The molecule has 0 saturated carbocycles. The number of carbonyl (C=O) groups is 1. The van der Waals surface area contributed by atoms with Gasteiger partial charge in [-0.2, -0.15) is 5.10 Å². The average Bonchev–Trinajstić information content (AvgIpc) is 3.08. The first-order chi connectivity index (χ1) is 11.1. The highest BCUT2D eigenvalue weighted by atomic mass is 16.2. The molecule has 0 atom stereocenters. The summed E-state index contributed by atoms with van der Waals surface area (Å²) in [4.78, 5) is 13.6. The Balaban J connectivity index is 2.04. The molecule has 0 spiro atoms. The van der Waals surface area contributed by atoms with E-state index in [0.29, 0.717) is 5.56 Å². The number of rotatable bonds is 3. The molecule has 0 saturated heterocycles. The van der Waals surface area contributed by atoms with Crippen molar-refractivity contribution in [2.45, 2.75) is 6.92 Å². The summed E-state index contributed by atoms with van der Waals surface area (Å²) in [6, 6.07) is 15.9. The van der Waals surface area contributed by atoms with Crippen molar-refractivity contribution in [3.8, 4) is 16.8 Å². The van der Waals surface area contributed by atoms with Crippen molar-refractivity contribution in [1.29, 1.82) is 0 Å². The highest BCUT2D eigenvalue weighted by Crippen LogP contribution is 2.27. The SMILES string of the molecule is Cc1ccc(-c2ccc(C(=O)N(C)C)cc2)c(-n2cccn2)c1. The van der Waals surface area contributed by atoms with Crippen LogP contribution in [0.25, 0.3) is 16.8 Å². The zero-order chi connectivity index (χ0) is 16.4. The van der Waals surface area contributed by atoms with Crippen molar-refractivity contribution in [2.24, 2.45) is 0 Å². The van der Waals surface area contributed by atoms with Gasteiger partial charge in [0.2, 0.25) is 0 Å². The fourth-order valence-corrected chi connectivity index (χ4v) is 2.54. The summed E-state index contributed by atoms with van der Waals surface area (Å²) in [6.07, 6.45) is 3.70. The summed E-state index contributed by atoms with van der Waals surface area (Å²) in [5.74, 6) is 0.00718. The van der Waals surface area contributed by atoms with E-state index in [2.05, 4.69) is 30.2 Å². The highest BCUT2D eigenvalue weighted by Gasteiger charge is 2.11. The zero-order valence-electron chi connectivity index (χ0n) is 13.5. The Morgan fingerprint density at radius 3 is 2.43 bits per heavy atom. The first-order valence-electron chi connectivity index (χ1n) is 7.49. The molecule has 1 aromatic heterocycles. The molecule has 1 amide bonds. The molecule has 1 heterocycles. The molecule has 4 heteroatoms. The monoisotopic (exact) mass is 305 g/mol. The Hall–Kier alpha value is -2.88. The van der Waals surface area contributed by atoms with Crippen LogP contribution < -0.4 is 0 Å². The lowest BCUT2D eigenvalue weighted by molar-refractivity contribution is 0.0827. The molecule has 2 aromatic carbocycles. The van der Waals surface area contributed by atoms with Crippen molar-refractivity contribution < 1.29 is 4.79 Å². The lowest BCUT2D eigenvalue weighted by Gasteiger charge is -2.13. The van der Waals surface area contributed by atoms with Crippen LogP contribution in [0.1, 0.15) is 15.9 Å². The molecule has 3 aromatic rings. The van der Waals surface area contributed by atoms with Crippen LogP contribution in [-0.4, -0.2) is 34.7 Å². The third kappa shape index (κ3) is 3.01. The van der Waals surface area contributed by atoms with Gasteiger partial charge in [0, 0.05) is 37.6 Å². The topological polar surface area (TPSA) is 38.1 Å². The standard InChI is InChI=1S/C19H19N3O/c1-14-5-10-17(18(13-14)22-12-4-11-20-22)15-6-8-16(9-7-15)19(23)21(2)3/h4-13H,1-3H3. The summed E-state index contributed by atoms with van der Waals surface area (Å²) in [5.41, 5.74) is 5.04. The van der Waals surface area contributed by atoms with E-state index >= 15 is 0 Å². The van der Waals surface area contributed by atoms with Crippen LogP contribution in [0.4, 0.5) is 0 Å². The maximum Gasteiger partial charge on any atom is 0.253 e.